The topological polar surface area (TPSA) is 17.1 Å². The predicted molar refractivity (Wildman–Crippen MR) is 62.6 cm³/mol. The van der Waals surface area contributed by atoms with E-state index in [1.54, 1.807) is 0 Å². The van der Waals surface area contributed by atoms with E-state index in [1.807, 2.05) is 38.1 Å². The third kappa shape index (κ3) is 2.82. The second kappa shape index (κ2) is 4.94. The van der Waals surface area contributed by atoms with Gasteiger partial charge in [-0.15, -0.1) is 0 Å². The summed E-state index contributed by atoms with van der Waals surface area (Å²) in [6, 6.07) is 7.69. The van der Waals surface area contributed by atoms with Crippen LogP contribution in [-0.4, -0.2) is 5.24 Å². The van der Waals surface area contributed by atoms with Crippen LogP contribution in [0.4, 0.5) is 0 Å². The molecule has 1 rings (SSSR count). The van der Waals surface area contributed by atoms with Crippen LogP contribution in [0.1, 0.15) is 25.3 Å². The predicted octanol–water partition coefficient (Wildman–Crippen LogP) is 3.95. The fourth-order valence-electron chi connectivity index (χ4n) is 1.45. The Hall–Kier alpha value is -0.340. The highest BCUT2D eigenvalue weighted by Gasteiger charge is 2.21. The Balaban J connectivity index is 3.00. The average Bonchev–Trinajstić information content (AvgIpc) is 2.07. The van der Waals surface area contributed by atoms with E-state index in [0.29, 0.717) is 0 Å². The minimum Gasteiger partial charge on any atom is -0.281 e. The van der Waals surface area contributed by atoms with E-state index in [0.717, 1.165) is 10.0 Å². The highest BCUT2D eigenvalue weighted by molar-refractivity contribution is 9.10. The SMILES string of the molecule is CC(C)[C@@H](C(=O)Cl)c1ccc(Br)cc1. The summed E-state index contributed by atoms with van der Waals surface area (Å²) in [7, 11) is 0. The van der Waals surface area contributed by atoms with Gasteiger partial charge in [0.05, 0.1) is 5.92 Å². The zero-order valence-corrected chi connectivity index (χ0v) is 10.5. The van der Waals surface area contributed by atoms with Gasteiger partial charge in [-0.05, 0) is 35.2 Å². The monoisotopic (exact) mass is 274 g/mol. The highest BCUT2D eigenvalue weighted by Crippen LogP contribution is 2.27. The molecule has 0 radical (unpaired) electrons. The normalized spacial score (nSPS) is 12.9. The van der Waals surface area contributed by atoms with E-state index in [-0.39, 0.29) is 17.1 Å². The lowest BCUT2D eigenvalue weighted by molar-refractivity contribution is -0.113. The van der Waals surface area contributed by atoms with E-state index in [2.05, 4.69) is 15.9 Å². The highest BCUT2D eigenvalue weighted by atomic mass is 79.9. The number of carbonyl (C=O) groups excluding carboxylic acids is 1. The Kier molecular flexibility index (Phi) is 4.14. The summed E-state index contributed by atoms with van der Waals surface area (Å²) >= 11 is 8.91. The molecule has 0 N–H and O–H groups in total. The van der Waals surface area contributed by atoms with E-state index < -0.39 is 0 Å². The Morgan fingerprint density at radius 3 is 2.14 bits per heavy atom. The summed E-state index contributed by atoms with van der Waals surface area (Å²) in [5.74, 6) is 0.0194. The van der Waals surface area contributed by atoms with Crippen molar-refractivity contribution in [3.05, 3.63) is 34.3 Å². The third-order valence-corrected chi connectivity index (χ3v) is 2.90. The molecule has 0 aliphatic carbocycles. The van der Waals surface area contributed by atoms with E-state index in [4.69, 9.17) is 11.6 Å². The van der Waals surface area contributed by atoms with E-state index in [9.17, 15) is 4.79 Å². The first-order valence-corrected chi connectivity index (χ1v) is 5.64. The van der Waals surface area contributed by atoms with Crippen molar-refractivity contribution in [2.75, 3.05) is 0 Å². The van der Waals surface area contributed by atoms with Crippen molar-refractivity contribution < 1.29 is 4.79 Å². The van der Waals surface area contributed by atoms with Gasteiger partial charge in [-0.2, -0.15) is 0 Å². The average molecular weight is 276 g/mol. The van der Waals surface area contributed by atoms with Gasteiger partial charge in [0.2, 0.25) is 5.24 Å². The largest absolute Gasteiger partial charge is 0.281 e. The van der Waals surface area contributed by atoms with Gasteiger partial charge in [-0.25, -0.2) is 0 Å². The van der Waals surface area contributed by atoms with Gasteiger partial charge in [0, 0.05) is 4.47 Å². The minimum atomic E-state index is -0.290. The van der Waals surface area contributed by atoms with Crippen LogP contribution in [0.2, 0.25) is 0 Å². The maximum absolute atomic E-state index is 11.2. The van der Waals surface area contributed by atoms with Gasteiger partial charge < -0.3 is 0 Å². The van der Waals surface area contributed by atoms with E-state index in [1.165, 1.54) is 0 Å². The molecule has 0 aromatic heterocycles. The molecule has 0 saturated carbocycles. The first kappa shape index (κ1) is 11.7. The van der Waals surface area contributed by atoms with Gasteiger partial charge in [-0.1, -0.05) is 41.9 Å². The Bertz CT molecular complexity index is 319. The molecule has 0 unspecified atom stereocenters. The molecule has 0 aliphatic rings. The zero-order chi connectivity index (χ0) is 10.7. The molecular formula is C11H12BrClO. The number of carbonyl (C=O) groups is 1. The summed E-state index contributed by atoms with van der Waals surface area (Å²) in [5, 5.41) is -0.290. The molecule has 14 heavy (non-hydrogen) atoms. The van der Waals surface area contributed by atoms with Crippen molar-refractivity contribution in [2.24, 2.45) is 5.92 Å². The first-order valence-electron chi connectivity index (χ1n) is 4.47. The summed E-state index contributed by atoms with van der Waals surface area (Å²) < 4.78 is 1.01. The lowest BCUT2D eigenvalue weighted by Gasteiger charge is -2.16. The molecule has 76 valence electrons. The van der Waals surface area contributed by atoms with Crippen molar-refractivity contribution in [1.82, 2.24) is 0 Å². The molecule has 0 aliphatic heterocycles. The summed E-state index contributed by atoms with van der Waals surface area (Å²) in [6.07, 6.45) is 0. The Morgan fingerprint density at radius 1 is 1.29 bits per heavy atom. The van der Waals surface area contributed by atoms with Crippen molar-refractivity contribution >= 4 is 32.8 Å². The van der Waals surface area contributed by atoms with Gasteiger partial charge >= 0.3 is 0 Å². The van der Waals surface area contributed by atoms with Crippen molar-refractivity contribution in [3.8, 4) is 0 Å². The molecule has 0 bridgehead atoms. The van der Waals surface area contributed by atoms with Gasteiger partial charge in [0.25, 0.3) is 0 Å². The molecule has 0 saturated heterocycles. The van der Waals surface area contributed by atoms with Gasteiger partial charge in [0.1, 0.15) is 0 Å². The molecule has 0 amide bonds. The standard InChI is InChI=1S/C11H12BrClO/c1-7(2)10(11(13)14)8-3-5-9(12)6-4-8/h3-7,10H,1-2H3/t10-/m1/s1. The number of benzene rings is 1. The molecule has 3 heteroatoms. The number of rotatable bonds is 3. The molecule has 1 aromatic carbocycles. The molecule has 0 heterocycles. The molecule has 0 spiro atoms. The second-order valence-electron chi connectivity index (χ2n) is 3.58. The quantitative estimate of drug-likeness (QED) is 0.763. The maximum atomic E-state index is 11.2. The molecular weight excluding hydrogens is 263 g/mol. The van der Waals surface area contributed by atoms with Gasteiger partial charge in [0.15, 0.2) is 0 Å². The van der Waals surface area contributed by atoms with Crippen LogP contribution in [0, 0.1) is 5.92 Å². The zero-order valence-electron chi connectivity index (χ0n) is 8.13. The van der Waals surface area contributed by atoms with Gasteiger partial charge in [-0.3, -0.25) is 4.79 Å². The fraction of sp³-hybridized carbons (Fsp3) is 0.364. The Morgan fingerprint density at radius 2 is 1.79 bits per heavy atom. The maximum Gasteiger partial charge on any atom is 0.229 e. The lowest BCUT2D eigenvalue weighted by Crippen LogP contribution is -2.13. The summed E-state index contributed by atoms with van der Waals surface area (Å²) in [6.45, 7) is 3.99. The molecule has 1 aromatic rings. The van der Waals surface area contributed by atoms with Crippen molar-refractivity contribution in [3.63, 3.8) is 0 Å². The second-order valence-corrected chi connectivity index (χ2v) is 4.87. The molecule has 1 nitrogen and oxygen atoms in total. The van der Waals surface area contributed by atoms with Crippen LogP contribution in [-0.2, 0) is 4.79 Å². The molecule has 0 fully saturated rings. The Labute approximate surface area is 97.6 Å². The smallest absolute Gasteiger partial charge is 0.229 e. The van der Waals surface area contributed by atoms with Crippen LogP contribution in [0.3, 0.4) is 0 Å². The van der Waals surface area contributed by atoms with Crippen LogP contribution >= 0.6 is 27.5 Å². The lowest BCUT2D eigenvalue weighted by atomic mass is 9.90. The van der Waals surface area contributed by atoms with E-state index >= 15 is 0 Å². The molecule has 1 atom stereocenters. The van der Waals surface area contributed by atoms with Crippen LogP contribution in [0.5, 0.6) is 0 Å². The first-order chi connectivity index (χ1) is 6.52. The minimum absolute atomic E-state index is 0.204. The summed E-state index contributed by atoms with van der Waals surface area (Å²) in [5.41, 5.74) is 0.975. The van der Waals surface area contributed by atoms with Crippen molar-refractivity contribution in [2.45, 2.75) is 19.8 Å². The number of halogens is 2. The van der Waals surface area contributed by atoms with Crippen LogP contribution in [0.15, 0.2) is 28.7 Å². The number of hydrogen-bond donors (Lipinski definition) is 0. The van der Waals surface area contributed by atoms with Crippen LogP contribution < -0.4 is 0 Å². The fourth-order valence-corrected chi connectivity index (χ4v) is 2.09. The van der Waals surface area contributed by atoms with Crippen molar-refractivity contribution in [1.29, 1.82) is 0 Å². The number of hydrogen-bond acceptors (Lipinski definition) is 1. The summed E-state index contributed by atoms with van der Waals surface area (Å²) in [4.78, 5) is 11.2. The van der Waals surface area contributed by atoms with Crippen LogP contribution in [0.25, 0.3) is 0 Å². The third-order valence-electron chi connectivity index (χ3n) is 2.14.